The molecule has 0 heterocycles. The van der Waals surface area contributed by atoms with E-state index in [0.29, 0.717) is 25.7 Å². The van der Waals surface area contributed by atoms with Gasteiger partial charge in [0.2, 0.25) is 0 Å². The maximum Gasteiger partial charge on any atom is 0.192 e. The van der Waals surface area contributed by atoms with Crippen LogP contribution in [0.1, 0.15) is 54.4 Å². The van der Waals surface area contributed by atoms with Crippen molar-refractivity contribution in [3.05, 3.63) is 0 Å². The Bertz CT molecular complexity index is 261. The minimum Gasteiger partial charge on any atom is -0.412 e. The highest BCUT2D eigenvalue weighted by molar-refractivity contribution is 6.74. The zero-order valence-corrected chi connectivity index (χ0v) is 16.6. The highest BCUT2D eigenvalue weighted by Gasteiger charge is 2.38. The highest BCUT2D eigenvalue weighted by atomic mass is 28.4. The summed E-state index contributed by atoms with van der Waals surface area (Å²) in [5.41, 5.74) is 0. The number of rotatable bonds is 11. The molecule has 0 aliphatic carbocycles. The molecular formula is C17H38O3Si. The molecule has 0 fully saturated rings. The zero-order valence-electron chi connectivity index (χ0n) is 15.6. The molecule has 0 aromatic carbocycles. The summed E-state index contributed by atoms with van der Waals surface area (Å²) in [5, 5.41) is 0.250. The lowest BCUT2D eigenvalue weighted by Crippen LogP contribution is -2.45. The van der Waals surface area contributed by atoms with E-state index in [4.69, 9.17) is 13.9 Å². The summed E-state index contributed by atoms with van der Waals surface area (Å²) >= 11 is 0. The molecule has 2 unspecified atom stereocenters. The fourth-order valence-corrected chi connectivity index (χ4v) is 2.99. The summed E-state index contributed by atoms with van der Waals surface area (Å²) in [4.78, 5) is 0. The van der Waals surface area contributed by atoms with Gasteiger partial charge in [-0.2, -0.15) is 0 Å². The van der Waals surface area contributed by atoms with Crippen LogP contribution in [-0.4, -0.2) is 40.8 Å². The van der Waals surface area contributed by atoms with Gasteiger partial charge in [-0.05, 0) is 30.5 Å². The monoisotopic (exact) mass is 318 g/mol. The Labute approximate surface area is 133 Å². The van der Waals surface area contributed by atoms with Gasteiger partial charge in [-0.1, -0.05) is 48.0 Å². The Balaban J connectivity index is 3.91. The lowest BCUT2D eigenvalue weighted by molar-refractivity contribution is 0.00106. The molecule has 0 bridgehead atoms. The molecule has 0 amide bonds. The Morgan fingerprint density at radius 1 is 0.905 bits per heavy atom. The third-order valence-electron chi connectivity index (χ3n) is 4.50. The van der Waals surface area contributed by atoms with Gasteiger partial charge in [0.05, 0.1) is 25.9 Å². The normalized spacial score (nSPS) is 16.0. The van der Waals surface area contributed by atoms with Crippen molar-refractivity contribution in [2.24, 2.45) is 5.92 Å². The molecule has 0 rings (SSSR count). The van der Waals surface area contributed by atoms with E-state index in [0.717, 1.165) is 13.0 Å². The van der Waals surface area contributed by atoms with Crippen LogP contribution in [0.15, 0.2) is 0 Å². The molecule has 0 radical (unpaired) electrons. The second kappa shape index (κ2) is 9.98. The molecule has 0 aromatic rings. The van der Waals surface area contributed by atoms with Crippen LogP contribution in [-0.2, 0) is 13.9 Å². The predicted octanol–water partition coefficient (Wildman–Crippen LogP) is 4.87. The predicted molar refractivity (Wildman–Crippen MR) is 93.5 cm³/mol. The topological polar surface area (TPSA) is 27.7 Å². The Morgan fingerprint density at radius 2 is 1.43 bits per heavy atom. The standard InChI is InChI=1S/C17H38O3Si/c1-9-15(3)13-18-11-12-19-14-16(10-2)20-21(7,8)17(4,5)6/h15-16H,9-14H2,1-8H3. The van der Waals surface area contributed by atoms with Gasteiger partial charge in [0, 0.05) is 6.61 Å². The van der Waals surface area contributed by atoms with Crippen LogP contribution in [0.4, 0.5) is 0 Å². The zero-order chi connectivity index (χ0) is 16.5. The first-order valence-corrected chi connectivity index (χ1v) is 11.4. The summed E-state index contributed by atoms with van der Waals surface area (Å²) in [6.45, 7) is 20.8. The van der Waals surface area contributed by atoms with Crippen molar-refractivity contribution < 1.29 is 13.9 Å². The third kappa shape index (κ3) is 8.96. The van der Waals surface area contributed by atoms with Crippen molar-refractivity contribution in [1.82, 2.24) is 0 Å². The minimum atomic E-state index is -1.70. The fourth-order valence-electron chi connectivity index (χ4n) is 1.56. The molecule has 0 saturated heterocycles. The van der Waals surface area contributed by atoms with Crippen LogP contribution >= 0.6 is 0 Å². The quantitative estimate of drug-likeness (QED) is 0.402. The number of hydrogen-bond donors (Lipinski definition) is 0. The first-order chi connectivity index (χ1) is 9.64. The molecule has 0 spiro atoms. The molecule has 2 atom stereocenters. The van der Waals surface area contributed by atoms with Crippen molar-refractivity contribution >= 4 is 8.32 Å². The molecule has 0 N–H and O–H groups in total. The second-order valence-corrected chi connectivity index (χ2v) is 12.3. The van der Waals surface area contributed by atoms with Crippen LogP contribution in [0.25, 0.3) is 0 Å². The van der Waals surface area contributed by atoms with E-state index in [-0.39, 0.29) is 11.1 Å². The maximum absolute atomic E-state index is 6.39. The van der Waals surface area contributed by atoms with E-state index in [1.807, 2.05) is 0 Å². The molecule has 21 heavy (non-hydrogen) atoms. The summed E-state index contributed by atoms with van der Waals surface area (Å²) in [6.07, 6.45) is 2.37. The average molecular weight is 319 g/mol. The van der Waals surface area contributed by atoms with Gasteiger partial charge in [0.1, 0.15) is 0 Å². The Morgan fingerprint density at radius 3 is 1.86 bits per heavy atom. The van der Waals surface area contributed by atoms with E-state index >= 15 is 0 Å². The van der Waals surface area contributed by atoms with E-state index in [1.54, 1.807) is 0 Å². The highest BCUT2D eigenvalue weighted by Crippen LogP contribution is 2.37. The largest absolute Gasteiger partial charge is 0.412 e. The van der Waals surface area contributed by atoms with Gasteiger partial charge >= 0.3 is 0 Å². The molecular weight excluding hydrogens is 280 g/mol. The van der Waals surface area contributed by atoms with E-state index < -0.39 is 8.32 Å². The Kier molecular flexibility index (Phi) is 10.0. The molecule has 0 aliphatic heterocycles. The summed E-state index contributed by atoms with van der Waals surface area (Å²) in [7, 11) is -1.70. The molecule has 128 valence electrons. The summed E-state index contributed by atoms with van der Waals surface area (Å²) in [5.74, 6) is 0.635. The van der Waals surface area contributed by atoms with E-state index in [2.05, 4.69) is 54.6 Å². The Hall–Kier alpha value is 0.0969. The van der Waals surface area contributed by atoms with Gasteiger partial charge in [0.15, 0.2) is 8.32 Å². The smallest absolute Gasteiger partial charge is 0.192 e. The number of ether oxygens (including phenoxy) is 2. The van der Waals surface area contributed by atoms with Crippen LogP contribution in [0.3, 0.4) is 0 Å². The summed E-state index contributed by atoms with van der Waals surface area (Å²) < 4.78 is 17.7. The number of hydrogen-bond acceptors (Lipinski definition) is 3. The first kappa shape index (κ1) is 21.1. The van der Waals surface area contributed by atoms with Gasteiger partial charge < -0.3 is 13.9 Å². The van der Waals surface area contributed by atoms with Crippen LogP contribution < -0.4 is 0 Å². The molecule has 3 nitrogen and oxygen atoms in total. The van der Waals surface area contributed by atoms with Gasteiger partial charge in [-0.3, -0.25) is 0 Å². The van der Waals surface area contributed by atoms with Gasteiger partial charge in [-0.25, -0.2) is 0 Å². The fraction of sp³-hybridized carbons (Fsp3) is 1.00. The lowest BCUT2D eigenvalue weighted by atomic mass is 10.1. The van der Waals surface area contributed by atoms with Crippen molar-refractivity contribution in [1.29, 1.82) is 0 Å². The third-order valence-corrected chi connectivity index (χ3v) is 9.03. The van der Waals surface area contributed by atoms with E-state index in [1.165, 1.54) is 6.42 Å². The summed E-state index contributed by atoms with van der Waals surface area (Å²) in [6, 6.07) is 0. The van der Waals surface area contributed by atoms with Crippen LogP contribution in [0.5, 0.6) is 0 Å². The van der Waals surface area contributed by atoms with Crippen molar-refractivity contribution in [2.75, 3.05) is 26.4 Å². The molecule has 0 aliphatic rings. The molecule has 4 heteroatoms. The molecule has 0 aromatic heterocycles. The SMILES string of the molecule is CCC(C)COCCOCC(CC)O[Si](C)(C)C(C)(C)C. The first-order valence-electron chi connectivity index (χ1n) is 8.47. The minimum absolute atomic E-state index is 0.209. The maximum atomic E-state index is 6.39. The van der Waals surface area contributed by atoms with Crippen molar-refractivity contribution in [2.45, 2.75) is 78.6 Å². The van der Waals surface area contributed by atoms with Gasteiger partial charge in [0.25, 0.3) is 0 Å². The van der Waals surface area contributed by atoms with Crippen molar-refractivity contribution in [3.63, 3.8) is 0 Å². The van der Waals surface area contributed by atoms with Crippen molar-refractivity contribution in [3.8, 4) is 0 Å². The molecule has 0 saturated carbocycles. The van der Waals surface area contributed by atoms with Gasteiger partial charge in [-0.15, -0.1) is 0 Å². The second-order valence-electron chi connectivity index (χ2n) is 7.57. The van der Waals surface area contributed by atoms with Crippen LogP contribution in [0.2, 0.25) is 18.1 Å². The average Bonchev–Trinajstić information content (AvgIpc) is 2.39. The van der Waals surface area contributed by atoms with Crippen LogP contribution in [0, 0.1) is 5.92 Å². The van der Waals surface area contributed by atoms with E-state index in [9.17, 15) is 0 Å². The lowest BCUT2D eigenvalue weighted by Gasteiger charge is -2.39.